The Morgan fingerprint density at radius 1 is 1.26 bits per heavy atom. The average molecular weight is 540 g/mol. The zero-order valence-electron chi connectivity index (χ0n) is 19.0. The summed E-state index contributed by atoms with van der Waals surface area (Å²) in [4.78, 5) is 7.24. The predicted octanol–water partition coefficient (Wildman–Crippen LogP) is 2.94. The minimum atomic E-state index is 0. The van der Waals surface area contributed by atoms with Gasteiger partial charge in [-0.15, -0.1) is 24.0 Å². The number of rotatable bonds is 9. The van der Waals surface area contributed by atoms with Crippen LogP contribution in [0.4, 0.5) is 0 Å². The van der Waals surface area contributed by atoms with Crippen LogP contribution < -0.4 is 10.6 Å². The van der Waals surface area contributed by atoms with E-state index < -0.39 is 0 Å². The molecule has 2 N–H and O–H groups in total. The molecule has 3 rings (SSSR count). The predicted molar refractivity (Wildman–Crippen MR) is 138 cm³/mol. The summed E-state index contributed by atoms with van der Waals surface area (Å²) in [5.74, 6) is 1.52. The lowest BCUT2D eigenvalue weighted by molar-refractivity contribution is -0.0261. The second-order valence-corrected chi connectivity index (χ2v) is 8.17. The van der Waals surface area contributed by atoms with Crippen molar-refractivity contribution in [2.24, 2.45) is 10.9 Å². The van der Waals surface area contributed by atoms with Crippen molar-refractivity contribution in [1.82, 2.24) is 25.3 Å². The smallest absolute Gasteiger partial charge is 0.191 e. The first kappa shape index (κ1) is 25.6. The molecule has 1 saturated heterocycles. The van der Waals surface area contributed by atoms with Gasteiger partial charge in [-0.3, -0.25) is 9.89 Å². The minimum Gasteiger partial charge on any atom is -0.374 e. The lowest BCUT2D eigenvalue weighted by Gasteiger charge is -2.33. The van der Waals surface area contributed by atoms with E-state index in [1.807, 2.05) is 29.1 Å². The third-order valence-corrected chi connectivity index (χ3v) is 5.01. The van der Waals surface area contributed by atoms with E-state index in [2.05, 4.69) is 59.7 Å². The molecular weight excluding hydrogens is 503 g/mol. The SMILES string of the molecule is CCNC(=NCC1CN(CC(C)C)CCO1)NCCc1cnn(-c2ccccc2)c1.I. The van der Waals surface area contributed by atoms with Gasteiger partial charge >= 0.3 is 0 Å². The molecule has 1 aromatic carbocycles. The van der Waals surface area contributed by atoms with Crippen LogP contribution in [0.1, 0.15) is 26.3 Å². The molecule has 2 heterocycles. The fraction of sp³-hybridized carbons (Fsp3) is 0.565. The molecule has 0 radical (unpaired) electrons. The highest BCUT2D eigenvalue weighted by Crippen LogP contribution is 2.09. The maximum Gasteiger partial charge on any atom is 0.191 e. The van der Waals surface area contributed by atoms with E-state index in [0.29, 0.717) is 12.5 Å². The molecule has 1 aromatic heterocycles. The normalized spacial score (nSPS) is 17.4. The van der Waals surface area contributed by atoms with Crippen LogP contribution in [0.15, 0.2) is 47.7 Å². The number of hydrogen-bond acceptors (Lipinski definition) is 4. The summed E-state index contributed by atoms with van der Waals surface area (Å²) < 4.78 is 7.84. The van der Waals surface area contributed by atoms with E-state index in [9.17, 15) is 0 Å². The third-order valence-electron chi connectivity index (χ3n) is 5.01. The molecule has 8 heteroatoms. The standard InChI is InChI=1S/C23H36N6O.HI/c1-4-24-23(26-15-22-18-28(12-13-30-22)16-19(2)3)25-11-10-20-14-27-29(17-20)21-8-6-5-7-9-21;/h5-9,14,17,19,22H,4,10-13,15-16,18H2,1-3H3,(H2,24,25,26);1H. The van der Waals surface area contributed by atoms with Crippen LogP contribution in [0, 0.1) is 5.92 Å². The Morgan fingerprint density at radius 3 is 2.81 bits per heavy atom. The van der Waals surface area contributed by atoms with E-state index >= 15 is 0 Å². The van der Waals surface area contributed by atoms with Crippen molar-refractivity contribution in [3.63, 3.8) is 0 Å². The molecule has 1 atom stereocenters. The summed E-state index contributed by atoms with van der Waals surface area (Å²) in [6.07, 6.45) is 5.06. The Hall–Kier alpha value is -1.65. The first-order valence-electron chi connectivity index (χ1n) is 11.1. The molecular formula is C23H37IN6O. The van der Waals surface area contributed by atoms with Crippen molar-refractivity contribution < 1.29 is 4.74 Å². The number of hydrogen-bond donors (Lipinski definition) is 2. The number of aromatic nitrogens is 2. The van der Waals surface area contributed by atoms with Gasteiger partial charge in [0.2, 0.25) is 0 Å². The van der Waals surface area contributed by atoms with Crippen molar-refractivity contribution in [2.75, 3.05) is 45.9 Å². The Labute approximate surface area is 203 Å². The van der Waals surface area contributed by atoms with Crippen LogP contribution in [0.2, 0.25) is 0 Å². The first-order chi connectivity index (χ1) is 14.6. The summed E-state index contributed by atoms with van der Waals surface area (Å²) in [6, 6.07) is 10.2. The number of guanidine groups is 1. The van der Waals surface area contributed by atoms with Crippen LogP contribution in [-0.4, -0.2) is 72.6 Å². The third kappa shape index (κ3) is 8.78. The van der Waals surface area contributed by atoms with E-state index in [1.54, 1.807) is 0 Å². The van der Waals surface area contributed by atoms with Crippen molar-refractivity contribution in [3.8, 4) is 5.69 Å². The summed E-state index contributed by atoms with van der Waals surface area (Å²) in [7, 11) is 0. The van der Waals surface area contributed by atoms with Crippen LogP contribution >= 0.6 is 24.0 Å². The Morgan fingerprint density at radius 2 is 2.06 bits per heavy atom. The molecule has 7 nitrogen and oxygen atoms in total. The molecule has 0 bridgehead atoms. The van der Waals surface area contributed by atoms with E-state index in [0.717, 1.165) is 57.4 Å². The zero-order valence-corrected chi connectivity index (χ0v) is 21.3. The summed E-state index contributed by atoms with van der Waals surface area (Å²) in [6.45, 7) is 12.8. The molecule has 1 fully saturated rings. The van der Waals surface area contributed by atoms with Gasteiger partial charge in [0, 0.05) is 38.9 Å². The van der Waals surface area contributed by atoms with Crippen molar-refractivity contribution in [2.45, 2.75) is 33.3 Å². The Kier molecular flexibility index (Phi) is 11.3. The topological polar surface area (TPSA) is 66.7 Å². The molecule has 1 aliphatic heterocycles. The van der Waals surface area contributed by atoms with Crippen LogP contribution in [0.3, 0.4) is 0 Å². The van der Waals surface area contributed by atoms with Crippen LogP contribution in [0.5, 0.6) is 0 Å². The minimum absolute atomic E-state index is 0. The molecule has 2 aromatic rings. The first-order valence-corrected chi connectivity index (χ1v) is 11.1. The Balaban J connectivity index is 0.00000341. The molecule has 0 spiro atoms. The van der Waals surface area contributed by atoms with Crippen LogP contribution in [0.25, 0.3) is 5.69 Å². The van der Waals surface area contributed by atoms with Gasteiger partial charge in [-0.2, -0.15) is 5.10 Å². The number of para-hydroxylation sites is 1. The number of nitrogens with zero attached hydrogens (tertiary/aromatic N) is 4. The van der Waals surface area contributed by atoms with Gasteiger partial charge < -0.3 is 15.4 Å². The number of halogens is 1. The van der Waals surface area contributed by atoms with Crippen LogP contribution in [-0.2, 0) is 11.2 Å². The van der Waals surface area contributed by atoms with Gasteiger partial charge in [0.15, 0.2) is 5.96 Å². The second kappa shape index (κ2) is 13.7. The fourth-order valence-electron chi connectivity index (χ4n) is 3.64. The monoisotopic (exact) mass is 540 g/mol. The number of aliphatic imine (C=N–C) groups is 1. The highest BCUT2D eigenvalue weighted by molar-refractivity contribution is 14.0. The number of morpholine rings is 1. The van der Waals surface area contributed by atoms with Gasteiger partial charge in [-0.05, 0) is 37.0 Å². The van der Waals surface area contributed by atoms with Crippen molar-refractivity contribution in [1.29, 1.82) is 0 Å². The quantitative estimate of drug-likeness (QED) is 0.291. The highest BCUT2D eigenvalue weighted by Gasteiger charge is 2.20. The van der Waals surface area contributed by atoms with Gasteiger partial charge in [-0.1, -0.05) is 32.0 Å². The summed E-state index contributed by atoms with van der Waals surface area (Å²) in [5, 5.41) is 11.2. The number of ether oxygens (including phenoxy) is 1. The molecule has 1 aliphatic rings. The molecule has 0 aliphatic carbocycles. The van der Waals surface area contributed by atoms with Gasteiger partial charge in [0.25, 0.3) is 0 Å². The molecule has 172 valence electrons. The van der Waals surface area contributed by atoms with Gasteiger partial charge in [0.05, 0.1) is 31.1 Å². The molecule has 0 saturated carbocycles. The zero-order chi connectivity index (χ0) is 21.2. The van der Waals surface area contributed by atoms with Crippen molar-refractivity contribution in [3.05, 3.63) is 48.3 Å². The lowest BCUT2D eigenvalue weighted by Crippen LogP contribution is -2.46. The van der Waals surface area contributed by atoms with Gasteiger partial charge in [0.1, 0.15) is 0 Å². The fourth-order valence-corrected chi connectivity index (χ4v) is 3.64. The van der Waals surface area contributed by atoms with E-state index in [4.69, 9.17) is 9.73 Å². The lowest BCUT2D eigenvalue weighted by atomic mass is 10.2. The molecule has 1 unspecified atom stereocenters. The molecule has 31 heavy (non-hydrogen) atoms. The van der Waals surface area contributed by atoms with E-state index in [1.165, 1.54) is 5.56 Å². The molecule has 0 amide bonds. The number of nitrogens with one attached hydrogen (secondary N) is 2. The van der Waals surface area contributed by atoms with E-state index in [-0.39, 0.29) is 30.1 Å². The average Bonchev–Trinajstić information content (AvgIpc) is 3.21. The Bertz CT molecular complexity index is 779. The second-order valence-electron chi connectivity index (χ2n) is 8.17. The summed E-state index contributed by atoms with van der Waals surface area (Å²) >= 11 is 0. The number of benzene rings is 1. The highest BCUT2D eigenvalue weighted by atomic mass is 127. The maximum absolute atomic E-state index is 5.92. The summed E-state index contributed by atoms with van der Waals surface area (Å²) in [5.41, 5.74) is 2.27. The van der Waals surface area contributed by atoms with Crippen molar-refractivity contribution >= 4 is 29.9 Å². The van der Waals surface area contributed by atoms with Gasteiger partial charge in [-0.25, -0.2) is 4.68 Å². The maximum atomic E-state index is 5.92. The largest absolute Gasteiger partial charge is 0.374 e.